The maximum Gasteiger partial charge on any atom is 0.251 e. The molecule has 0 aliphatic heterocycles. The number of halogens is 2. The van der Waals surface area contributed by atoms with E-state index in [4.69, 9.17) is 17.3 Å². The molecule has 2 rings (SSSR count). The fourth-order valence-electron chi connectivity index (χ4n) is 1.82. The van der Waals surface area contributed by atoms with Gasteiger partial charge in [-0.2, -0.15) is 0 Å². The Hall–Kier alpha value is -1.52. The molecule has 2 aromatic rings. The minimum Gasteiger partial charge on any atom is -0.398 e. The van der Waals surface area contributed by atoms with E-state index in [9.17, 15) is 4.79 Å². The van der Waals surface area contributed by atoms with Crippen LogP contribution in [0.15, 0.2) is 40.9 Å². The third-order valence-electron chi connectivity index (χ3n) is 3.02. The zero-order chi connectivity index (χ0) is 14.7. The third-order valence-corrected chi connectivity index (χ3v) is 3.73. The van der Waals surface area contributed by atoms with E-state index in [1.54, 1.807) is 24.3 Å². The van der Waals surface area contributed by atoms with E-state index in [0.717, 1.165) is 15.6 Å². The lowest BCUT2D eigenvalue weighted by Crippen LogP contribution is -2.24. The number of anilines is 1. The van der Waals surface area contributed by atoms with E-state index in [2.05, 4.69) is 21.2 Å². The van der Waals surface area contributed by atoms with Gasteiger partial charge in [0.05, 0.1) is 0 Å². The van der Waals surface area contributed by atoms with Gasteiger partial charge in [0.25, 0.3) is 5.91 Å². The largest absolute Gasteiger partial charge is 0.398 e. The summed E-state index contributed by atoms with van der Waals surface area (Å²) in [5, 5.41) is 3.55. The Balaban J connectivity index is 2.11. The molecule has 104 valence electrons. The minimum absolute atomic E-state index is 0.148. The number of hydrogen-bond donors (Lipinski definition) is 2. The second-order valence-electron chi connectivity index (χ2n) is 4.48. The van der Waals surface area contributed by atoms with Crippen molar-refractivity contribution < 1.29 is 4.79 Å². The first-order valence-electron chi connectivity index (χ1n) is 6.05. The van der Waals surface area contributed by atoms with Crippen LogP contribution in [-0.4, -0.2) is 5.91 Å². The number of amides is 1. The summed E-state index contributed by atoms with van der Waals surface area (Å²) in [7, 11) is 0. The van der Waals surface area contributed by atoms with Crippen molar-refractivity contribution in [3.63, 3.8) is 0 Å². The van der Waals surface area contributed by atoms with Crippen LogP contribution in [-0.2, 0) is 6.54 Å². The number of carbonyl (C=O) groups is 1. The molecule has 0 atom stereocenters. The zero-order valence-corrected chi connectivity index (χ0v) is 13.3. The van der Waals surface area contributed by atoms with Crippen LogP contribution < -0.4 is 11.1 Å². The predicted molar refractivity (Wildman–Crippen MR) is 85.9 cm³/mol. The molecule has 0 heterocycles. The Morgan fingerprint density at radius 3 is 2.60 bits per heavy atom. The molecule has 2 aromatic carbocycles. The van der Waals surface area contributed by atoms with Crippen LogP contribution in [0.2, 0.25) is 5.02 Å². The van der Waals surface area contributed by atoms with Gasteiger partial charge in [-0.05, 0) is 42.3 Å². The van der Waals surface area contributed by atoms with E-state index in [-0.39, 0.29) is 5.91 Å². The number of nitrogens with one attached hydrogen (secondary N) is 1. The van der Waals surface area contributed by atoms with Crippen molar-refractivity contribution >= 4 is 39.1 Å². The highest BCUT2D eigenvalue weighted by molar-refractivity contribution is 9.10. The fourth-order valence-corrected chi connectivity index (χ4v) is 2.42. The van der Waals surface area contributed by atoms with Crippen LogP contribution in [0.25, 0.3) is 0 Å². The van der Waals surface area contributed by atoms with E-state index >= 15 is 0 Å². The molecule has 5 heteroatoms. The van der Waals surface area contributed by atoms with Gasteiger partial charge < -0.3 is 11.1 Å². The van der Waals surface area contributed by atoms with Crippen molar-refractivity contribution in [1.82, 2.24) is 5.32 Å². The minimum atomic E-state index is -0.148. The Morgan fingerprint density at radius 2 is 1.95 bits per heavy atom. The molecule has 20 heavy (non-hydrogen) atoms. The smallest absolute Gasteiger partial charge is 0.251 e. The number of benzene rings is 2. The van der Waals surface area contributed by atoms with Gasteiger partial charge in [-0.25, -0.2) is 0 Å². The summed E-state index contributed by atoms with van der Waals surface area (Å²) in [4.78, 5) is 12.2. The maximum absolute atomic E-state index is 12.2. The van der Waals surface area contributed by atoms with Crippen molar-refractivity contribution in [2.75, 3.05) is 5.73 Å². The van der Waals surface area contributed by atoms with Crippen LogP contribution in [0.1, 0.15) is 21.5 Å². The lowest BCUT2D eigenvalue weighted by molar-refractivity contribution is 0.0950. The molecular formula is C15H14BrClN2O. The summed E-state index contributed by atoms with van der Waals surface area (Å²) < 4.78 is 0.789. The monoisotopic (exact) mass is 352 g/mol. The average molecular weight is 354 g/mol. The molecule has 3 N–H and O–H groups in total. The average Bonchev–Trinajstić information content (AvgIpc) is 2.42. The normalized spacial score (nSPS) is 10.3. The fraction of sp³-hybridized carbons (Fsp3) is 0.133. The first-order chi connectivity index (χ1) is 9.47. The molecule has 0 aromatic heterocycles. The topological polar surface area (TPSA) is 55.1 Å². The van der Waals surface area contributed by atoms with Crippen molar-refractivity contribution in [1.29, 1.82) is 0 Å². The predicted octanol–water partition coefficient (Wildman–Crippen LogP) is 3.92. The summed E-state index contributed by atoms with van der Waals surface area (Å²) in [6.07, 6.45) is 0. The highest BCUT2D eigenvalue weighted by Gasteiger charge is 2.11. The van der Waals surface area contributed by atoms with Gasteiger partial charge in [-0.15, -0.1) is 0 Å². The molecule has 0 saturated carbocycles. The molecule has 0 fully saturated rings. The molecule has 0 aliphatic carbocycles. The van der Waals surface area contributed by atoms with Gasteiger partial charge in [-0.3, -0.25) is 4.79 Å². The van der Waals surface area contributed by atoms with Crippen molar-refractivity contribution in [3.8, 4) is 0 Å². The van der Waals surface area contributed by atoms with Gasteiger partial charge in [0, 0.05) is 27.3 Å². The summed E-state index contributed by atoms with van der Waals surface area (Å²) >= 11 is 9.16. The van der Waals surface area contributed by atoms with Crippen molar-refractivity contribution in [2.45, 2.75) is 13.5 Å². The Labute approximate surface area is 131 Å². The first-order valence-corrected chi connectivity index (χ1v) is 7.22. The first kappa shape index (κ1) is 14.9. The molecule has 0 bridgehead atoms. The molecular weight excluding hydrogens is 340 g/mol. The molecule has 0 saturated heterocycles. The second kappa shape index (κ2) is 6.29. The molecule has 0 unspecified atom stereocenters. The molecule has 1 amide bonds. The molecule has 0 spiro atoms. The van der Waals surface area contributed by atoms with Crippen LogP contribution in [0.4, 0.5) is 5.69 Å². The summed E-state index contributed by atoms with van der Waals surface area (Å²) in [5.74, 6) is -0.148. The maximum atomic E-state index is 12.2. The van der Waals surface area contributed by atoms with E-state index in [0.29, 0.717) is 22.8 Å². The van der Waals surface area contributed by atoms with Crippen molar-refractivity contribution in [3.05, 3.63) is 62.6 Å². The Bertz CT molecular complexity index is 641. The number of carbonyl (C=O) groups excluding carboxylic acids is 1. The summed E-state index contributed by atoms with van der Waals surface area (Å²) in [5.41, 5.74) is 8.80. The SMILES string of the molecule is Cc1c(N)cc(Br)cc1C(=O)NCc1ccc(Cl)cc1. The third kappa shape index (κ3) is 3.52. The molecule has 0 radical (unpaired) electrons. The van der Waals surface area contributed by atoms with Crippen LogP contribution in [0.3, 0.4) is 0 Å². The van der Waals surface area contributed by atoms with Crippen LogP contribution >= 0.6 is 27.5 Å². The van der Waals surface area contributed by atoms with Crippen molar-refractivity contribution in [2.24, 2.45) is 0 Å². The number of nitrogen functional groups attached to an aromatic ring is 1. The van der Waals surface area contributed by atoms with Crippen LogP contribution in [0, 0.1) is 6.92 Å². The van der Waals surface area contributed by atoms with Gasteiger partial charge in [0.2, 0.25) is 0 Å². The van der Waals surface area contributed by atoms with Gasteiger partial charge >= 0.3 is 0 Å². The van der Waals surface area contributed by atoms with E-state index in [1.165, 1.54) is 0 Å². The highest BCUT2D eigenvalue weighted by atomic mass is 79.9. The summed E-state index contributed by atoms with van der Waals surface area (Å²) in [6.45, 7) is 2.28. The van der Waals surface area contributed by atoms with Gasteiger partial charge in [0.1, 0.15) is 0 Å². The summed E-state index contributed by atoms with van der Waals surface area (Å²) in [6, 6.07) is 10.9. The number of nitrogens with two attached hydrogens (primary N) is 1. The van der Waals surface area contributed by atoms with Gasteiger partial charge in [0.15, 0.2) is 0 Å². The van der Waals surface area contributed by atoms with Crippen LogP contribution in [0.5, 0.6) is 0 Å². The zero-order valence-electron chi connectivity index (χ0n) is 10.9. The number of rotatable bonds is 3. The lowest BCUT2D eigenvalue weighted by atomic mass is 10.1. The lowest BCUT2D eigenvalue weighted by Gasteiger charge is -2.10. The molecule has 3 nitrogen and oxygen atoms in total. The highest BCUT2D eigenvalue weighted by Crippen LogP contribution is 2.22. The molecule has 0 aliphatic rings. The van der Waals surface area contributed by atoms with E-state index < -0.39 is 0 Å². The Morgan fingerprint density at radius 1 is 1.30 bits per heavy atom. The van der Waals surface area contributed by atoms with Gasteiger partial charge in [-0.1, -0.05) is 39.7 Å². The standard InChI is InChI=1S/C15H14BrClN2O/c1-9-13(6-11(16)7-14(9)18)15(20)19-8-10-2-4-12(17)5-3-10/h2-7H,8,18H2,1H3,(H,19,20). The second-order valence-corrected chi connectivity index (χ2v) is 5.83. The number of hydrogen-bond acceptors (Lipinski definition) is 2. The van der Waals surface area contributed by atoms with E-state index in [1.807, 2.05) is 19.1 Å². The Kier molecular flexibility index (Phi) is 4.68. The quantitative estimate of drug-likeness (QED) is 0.822.